The first-order valence-electron chi connectivity index (χ1n) is 25.4. The second kappa shape index (κ2) is 23.7. The molecule has 0 N–H and O–H groups in total. The molecule has 390 valence electrons. The normalized spacial score (nSPS) is 12.7. The summed E-state index contributed by atoms with van der Waals surface area (Å²) in [6.07, 6.45) is 16.6. The van der Waals surface area contributed by atoms with Crippen LogP contribution in [0.3, 0.4) is 0 Å². The molecule has 1 aliphatic heterocycles. The summed E-state index contributed by atoms with van der Waals surface area (Å²) in [4.78, 5) is 71.9. The van der Waals surface area contributed by atoms with E-state index in [9.17, 15) is 9.59 Å². The quantitative estimate of drug-likeness (QED) is 0.152. The lowest BCUT2D eigenvalue weighted by Crippen LogP contribution is -2.37. The summed E-state index contributed by atoms with van der Waals surface area (Å²) in [5, 5.41) is 1.12. The number of hydrogen-bond acceptors (Lipinski definition) is 13. The van der Waals surface area contributed by atoms with Gasteiger partial charge in [0.05, 0.1) is 63.2 Å². The van der Waals surface area contributed by atoms with Gasteiger partial charge in [0, 0.05) is 35.4 Å². The summed E-state index contributed by atoms with van der Waals surface area (Å²) in [7, 11) is 0. The molecule has 0 spiro atoms. The van der Waals surface area contributed by atoms with Gasteiger partial charge in [-0.25, -0.2) is 49.8 Å². The topological polar surface area (TPSA) is 179 Å². The van der Waals surface area contributed by atoms with E-state index in [-0.39, 0.29) is 33.5 Å². The van der Waals surface area contributed by atoms with Crippen molar-refractivity contribution in [2.45, 2.75) is 129 Å². The maximum Gasteiger partial charge on any atom is 0.261 e. The molecule has 0 radical (unpaired) electrons. The molecular formula is C61H74N12O2. The van der Waals surface area contributed by atoms with Crippen molar-refractivity contribution >= 4 is 55.9 Å². The maximum atomic E-state index is 12.0. The second-order valence-corrected chi connectivity index (χ2v) is 24.7. The lowest BCUT2D eigenvalue weighted by atomic mass is 9.88. The molecular weight excluding hydrogens is 933 g/mol. The Kier molecular flexibility index (Phi) is 17.9. The van der Waals surface area contributed by atoms with E-state index in [0.29, 0.717) is 28.7 Å². The van der Waals surface area contributed by atoms with Gasteiger partial charge in [-0.1, -0.05) is 134 Å². The zero-order valence-electron chi connectivity index (χ0n) is 46.6. The number of benzene rings is 3. The van der Waals surface area contributed by atoms with Crippen LogP contribution in [0.2, 0.25) is 0 Å². The van der Waals surface area contributed by atoms with Crippen molar-refractivity contribution in [2.24, 2.45) is 21.7 Å². The van der Waals surface area contributed by atoms with Crippen molar-refractivity contribution in [1.82, 2.24) is 59.7 Å². The third-order valence-electron chi connectivity index (χ3n) is 11.1. The summed E-state index contributed by atoms with van der Waals surface area (Å²) in [6, 6.07) is 25.4. The van der Waals surface area contributed by atoms with Gasteiger partial charge in [0.1, 0.15) is 30.0 Å². The highest BCUT2D eigenvalue weighted by Gasteiger charge is 2.37. The molecule has 75 heavy (non-hydrogen) atoms. The number of amides is 2. The minimum Gasteiger partial charge on any atom is -0.274 e. The van der Waals surface area contributed by atoms with Crippen LogP contribution in [-0.2, 0) is 24.7 Å². The molecule has 2 amide bonds. The van der Waals surface area contributed by atoms with Crippen LogP contribution in [0, 0.1) is 21.7 Å². The summed E-state index contributed by atoms with van der Waals surface area (Å²) >= 11 is 0. The fraction of sp³-hybridized carbons (Fsp3) is 0.393. The Labute approximate surface area is 442 Å². The van der Waals surface area contributed by atoms with Crippen molar-refractivity contribution in [2.75, 3.05) is 6.54 Å². The van der Waals surface area contributed by atoms with Crippen molar-refractivity contribution in [3.05, 3.63) is 163 Å². The molecule has 0 aliphatic carbocycles. The lowest BCUT2D eigenvalue weighted by Gasteiger charge is -2.24. The first-order chi connectivity index (χ1) is 35.1. The van der Waals surface area contributed by atoms with Crippen LogP contribution in [0.15, 0.2) is 129 Å². The Morgan fingerprint density at radius 3 is 1.55 bits per heavy atom. The first-order valence-corrected chi connectivity index (χ1v) is 25.4. The summed E-state index contributed by atoms with van der Waals surface area (Å²) in [6.45, 7) is 32.8. The number of rotatable bonds is 4. The number of aromatic nitrogens is 11. The number of nitrogens with zero attached hydrogens (tertiary/aromatic N) is 12. The minimum atomic E-state index is -0.171. The molecule has 0 saturated carbocycles. The van der Waals surface area contributed by atoms with E-state index < -0.39 is 0 Å². The average Bonchev–Trinajstić information content (AvgIpc) is 3.56. The number of hydrogen-bond donors (Lipinski definition) is 0. The van der Waals surface area contributed by atoms with E-state index in [4.69, 9.17) is 0 Å². The summed E-state index contributed by atoms with van der Waals surface area (Å²) in [5.41, 5.74) is 12.5. The van der Waals surface area contributed by atoms with Gasteiger partial charge in [-0.15, -0.1) is 0 Å². The van der Waals surface area contributed by atoms with Crippen LogP contribution in [0.5, 0.6) is 0 Å². The Morgan fingerprint density at radius 2 is 0.933 bits per heavy atom. The van der Waals surface area contributed by atoms with Crippen LogP contribution >= 0.6 is 0 Å². The first kappa shape index (κ1) is 56.7. The number of carbonyl (C=O) groups excluding carboxylic acids is 2. The van der Waals surface area contributed by atoms with Gasteiger partial charge < -0.3 is 0 Å². The number of para-hydroxylation sites is 2. The van der Waals surface area contributed by atoms with Gasteiger partial charge in [-0.05, 0) is 95.0 Å². The lowest BCUT2D eigenvalue weighted by molar-refractivity contribution is 0.0600. The van der Waals surface area contributed by atoms with E-state index in [2.05, 4.69) is 156 Å². The monoisotopic (exact) mass is 1010 g/mol. The predicted molar refractivity (Wildman–Crippen MR) is 301 cm³/mol. The smallest absolute Gasteiger partial charge is 0.261 e. The van der Waals surface area contributed by atoms with E-state index in [1.165, 1.54) is 16.8 Å². The largest absolute Gasteiger partial charge is 0.274 e. The fourth-order valence-corrected chi connectivity index (χ4v) is 7.93. The second-order valence-electron chi connectivity index (χ2n) is 24.7. The summed E-state index contributed by atoms with van der Waals surface area (Å²) < 4.78 is 0. The number of fused-ring (bicyclic) bond motifs is 5. The van der Waals surface area contributed by atoms with Gasteiger partial charge in [0.25, 0.3) is 11.8 Å². The van der Waals surface area contributed by atoms with Gasteiger partial charge >= 0.3 is 0 Å². The van der Waals surface area contributed by atoms with Crippen molar-refractivity contribution in [3.63, 3.8) is 0 Å². The Bertz CT molecular complexity index is 3130. The molecule has 0 bridgehead atoms. The fourth-order valence-electron chi connectivity index (χ4n) is 7.93. The van der Waals surface area contributed by atoms with E-state index in [1.807, 2.05) is 69.6 Å². The standard InChI is InChI=1S/C13H16N2.C13H15NO2.C12H15N3.C12H14N2.C11H14N4/c1-13(2,3)7-10-4-5-12-11(6-10)8-14-9-15-12;1-13(2,3)8-14-11(15)9-6-4-5-7-10(9)12(14)16;1-12(2,3)6-9-4-5-10-11(15-9)7-13-8-14-10;1-12(2,3)11-8-13-9-6-4-5-7-10(9)14-11;1-11(2,3)4-8-5-13-10-9(15-8)6-12-7-14-10/h4-6,8-9H,7H2,1-3H3;4-7H,8H2,1-3H3;4-5,7-8H,6H2,1-3H3;4-8H,1-3H3;5-7H,4H2,1-3H3. The van der Waals surface area contributed by atoms with Crippen LogP contribution in [0.1, 0.15) is 147 Å². The van der Waals surface area contributed by atoms with Gasteiger partial charge in [-0.2, -0.15) is 0 Å². The number of imide groups is 1. The Balaban J connectivity index is 0.000000152. The molecule has 6 aromatic heterocycles. The highest BCUT2D eigenvalue weighted by Crippen LogP contribution is 2.28. The minimum absolute atomic E-state index is 0.0665. The SMILES string of the molecule is CC(C)(C)CN1C(=O)c2ccccc2C1=O.CC(C)(C)Cc1ccc2ncncc2c1.CC(C)(C)Cc1ccc2ncncc2n1.CC(C)(C)Cc1cnc2ncncc2n1.CC(C)(C)c1cnc2ccccc2n1. The van der Waals surface area contributed by atoms with Crippen LogP contribution in [0.4, 0.5) is 0 Å². The van der Waals surface area contributed by atoms with Crippen LogP contribution < -0.4 is 0 Å². The average molecular weight is 1010 g/mol. The Hall–Kier alpha value is -7.61. The molecule has 0 fully saturated rings. The van der Waals surface area contributed by atoms with Crippen molar-refractivity contribution in [1.29, 1.82) is 0 Å². The van der Waals surface area contributed by atoms with E-state index in [0.717, 1.165) is 74.8 Å². The highest BCUT2D eigenvalue weighted by atomic mass is 16.2. The van der Waals surface area contributed by atoms with E-state index >= 15 is 0 Å². The van der Waals surface area contributed by atoms with Gasteiger partial charge in [-0.3, -0.25) is 19.5 Å². The number of carbonyl (C=O) groups is 2. The number of pyridine rings is 1. The van der Waals surface area contributed by atoms with Crippen molar-refractivity contribution in [3.8, 4) is 0 Å². The zero-order chi connectivity index (χ0) is 54.8. The third kappa shape index (κ3) is 17.5. The van der Waals surface area contributed by atoms with Gasteiger partial charge in [0.2, 0.25) is 0 Å². The third-order valence-corrected chi connectivity index (χ3v) is 11.1. The predicted octanol–water partition coefficient (Wildman–Crippen LogP) is 13.1. The molecule has 7 heterocycles. The van der Waals surface area contributed by atoms with Crippen molar-refractivity contribution < 1.29 is 9.59 Å². The molecule has 0 atom stereocenters. The molecule has 3 aromatic carbocycles. The molecule has 14 heteroatoms. The van der Waals surface area contributed by atoms with Gasteiger partial charge in [0.15, 0.2) is 5.65 Å². The van der Waals surface area contributed by atoms with E-state index in [1.54, 1.807) is 55.5 Å². The Morgan fingerprint density at radius 1 is 0.413 bits per heavy atom. The maximum absolute atomic E-state index is 12.0. The molecule has 10 rings (SSSR count). The van der Waals surface area contributed by atoms with Crippen LogP contribution in [-0.4, -0.2) is 78.1 Å². The zero-order valence-corrected chi connectivity index (χ0v) is 46.6. The molecule has 14 nitrogen and oxygen atoms in total. The molecule has 9 aromatic rings. The summed E-state index contributed by atoms with van der Waals surface area (Å²) in [5.74, 6) is -0.342. The van der Waals surface area contributed by atoms with Crippen LogP contribution in [0.25, 0.3) is 44.1 Å². The highest BCUT2D eigenvalue weighted by molar-refractivity contribution is 6.21. The molecule has 1 aliphatic rings. The molecule has 0 saturated heterocycles. The molecule has 0 unspecified atom stereocenters.